The van der Waals surface area contributed by atoms with E-state index in [1.54, 1.807) is 0 Å². The zero-order chi connectivity index (χ0) is 10.6. The molecule has 0 spiro atoms. The zero-order valence-electron chi connectivity index (χ0n) is 9.07. The van der Waals surface area contributed by atoms with Gasteiger partial charge in [0.15, 0.2) is 6.29 Å². The highest BCUT2D eigenvalue weighted by atomic mass is 79.9. The molecule has 0 heterocycles. The van der Waals surface area contributed by atoms with Crippen molar-refractivity contribution in [3.8, 4) is 0 Å². The van der Waals surface area contributed by atoms with Crippen LogP contribution in [0.25, 0.3) is 0 Å². The van der Waals surface area contributed by atoms with E-state index in [9.17, 15) is 0 Å². The molecule has 0 radical (unpaired) electrons. The Morgan fingerprint density at radius 1 is 1.50 bits per heavy atom. The summed E-state index contributed by atoms with van der Waals surface area (Å²) in [7, 11) is 0. The van der Waals surface area contributed by atoms with Crippen molar-refractivity contribution in [3.63, 3.8) is 0 Å². The SMILES string of the molecule is CC(C)OC(CBr)OC1C=CCC1C. The van der Waals surface area contributed by atoms with Gasteiger partial charge in [-0.15, -0.1) is 0 Å². The number of rotatable bonds is 5. The molecule has 3 heteroatoms. The topological polar surface area (TPSA) is 18.5 Å². The smallest absolute Gasteiger partial charge is 0.168 e. The maximum atomic E-state index is 5.83. The third-order valence-corrected chi connectivity index (χ3v) is 2.78. The first-order valence-corrected chi connectivity index (χ1v) is 6.29. The predicted molar refractivity (Wildman–Crippen MR) is 61.6 cm³/mol. The Kier molecular flexibility index (Phi) is 5.13. The van der Waals surface area contributed by atoms with Crippen molar-refractivity contribution in [1.29, 1.82) is 0 Å². The summed E-state index contributed by atoms with van der Waals surface area (Å²) in [6.45, 7) is 6.24. The number of allylic oxidation sites excluding steroid dienone is 1. The van der Waals surface area contributed by atoms with Crippen LogP contribution in [0.2, 0.25) is 0 Å². The second kappa shape index (κ2) is 5.89. The summed E-state index contributed by atoms with van der Waals surface area (Å²) in [6.07, 6.45) is 5.71. The van der Waals surface area contributed by atoms with E-state index in [1.165, 1.54) is 0 Å². The van der Waals surface area contributed by atoms with Gasteiger partial charge in [-0.3, -0.25) is 0 Å². The molecular weight excluding hydrogens is 244 g/mol. The van der Waals surface area contributed by atoms with Crippen LogP contribution in [-0.4, -0.2) is 23.8 Å². The highest BCUT2D eigenvalue weighted by Gasteiger charge is 2.23. The number of hydrogen-bond donors (Lipinski definition) is 0. The maximum absolute atomic E-state index is 5.83. The van der Waals surface area contributed by atoms with Crippen LogP contribution >= 0.6 is 15.9 Å². The van der Waals surface area contributed by atoms with E-state index >= 15 is 0 Å². The molecule has 0 saturated carbocycles. The molecule has 0 aliphatic heterocycles. The minimum atomic E-state index is -0.134. The molecule has 0 bridgehead atoms. The number of hydrogen-bond acceptors (Lipinski definition) is 2. The first kappa shape index (κ1) is 12.2. The van der Waals surface area contributed by atoms with Gasteiger partial charge in [-0.25, -0.2) is 0 Å². The van der Waals surface area contributed by atoms with Crippen molar-refractivity contribution in [2.24, 2.45) is 5.92 Å². The van der Waals surface area contributed by atoms with Crippen molar-refractivity contribution < 1.29 is 9.47 Å². The molecule has 1 aliphatic carbocycles. The van der Waals surface area contributed by atoms with Crippen LogP contribution in [0.3, 0.4) is 0 Å². The van der Waals surface area contributed by atoms with Gasteiger partial charge in [-0.05, 0) is 26.2 Å². The van der Waals surface area contributed by atoms with Crippen LogP contribution in [0.4, 0.5) is 0 Å². The van der Waals surface area contributed by atoms with Gasteiger partial charge in [0, 0.05) is 0 Å². The first-order valence-electron chi connectivity index (χ1n) is 5.17. The summed E-state index contributed by atoms with van der Waals surface area (Å²) >= 11 is 3.40. The average molecular weight is 263 g/mol. The quantitative estimate of drug-likeness (QED) is 0.431. The molecule has 3 atom stereocenters. The molecule has 3 unspecified atom stereocenters. The van der Waals surface area contributed by atoms with E-state index in [2.05, 4.69) is 35.0 Å². The van der Waals surface area contributed by atoms with E-state index in [-0.39, 0.29) is 18.5 Å². The second-order valence-electron chi connectivity index (χ2n) is 4.01. The number of halogens is 1. The highest BCUT2D eigenvalue weighted by Crippen LogP contribution is 2.23. The lowest BCUT2D eigenvalue weighted by Gasteiger charge is -2.24. The van der Waals surface area contributed by atoms with E-state index in [0.29, 0.717) is 5.92 Å². The monoisotopic (exact) mass is 262 g/mol. The fraction of sp³-hybridized carbons (Fsp3) is 0.818. The van der Waals surface area contributed by atoms with Crippen LogP contribution < -0.4 is 0 Å². The molecule has 1 rings (SSSR count). The lowest BCUT2D eigenvalue weighted by atomic mass is 10.1. The van der Waals surface area contributed by atoms with Crippen molar-refractivity contribution in [1.82, 2.24) is 0 Å². The summed E-state index contributed by atoms with van der Waals surface area (Å²) in [5.74, 6) is 0.576. The predicted octanol–water partition coefficient (Wildman–Crippen LogP) is 3.11. The number of ether oxygens (including phenoxy) is 2. The largest absolute Gasteiger partial charge is 0.349 e. The average Bonchev–Trinajstić information content (AvgIpc) is 2.50. The highest BCUT2D eigenvalue weighted by molar-refractivity contribution is 9.09. The van der Waals surface area contributed by atoms with Gasteiger partial charge >= 0.3 is 0 Å². The second-order valence-corrected chi connectivity index (χ2v) is 4.66. The van der Waals surface area contributed by atoms with Crippen LogP contribution in [0.1, 0.15) is 27.2 Å². The maximum Gasteiger partial charge on any atom is 0.168 e. The summed E-state index contributed by atoms with van der Waals surface area (Å²) < 4.78 is 11.4. The minimum Gasteiger partial charge on any atom is -0.349 e. The third-order valence-electron chi connectivity index (χ3n) is 2.25. The van der Waals surface area contributed by atoms with Gasteiger partial charge in [-0.2, -0.15) is 0 Å². The Morgan fingerprint density at radius 3 is 2.64 bits per heavy atom. The van der Waals surface area contributed by atoms with Crippen LogP contribution in [0, 0.1) is 5.92 Å². The molecule has 1 aliphatic rings. The molecular formula is C11H19BrO2. The fourth-order valence-electron chi connectivity index (χ4n) is 1.51. The van der Waals surface area contributed by atoms with E-state index in [0.717, 1.165) is 11.8 Å². The Labute approximate surface area is 94.8 Å². The summed E-state index contributed by atoms with van der Waals surface area (Å²) in [5, 5.41) is 0.724. The molecule has 0 fully saturated rings. The van der Waals surface area contributed by atoms with Crippen molar-refractivity contribution >= 4 is 15.9 Å². The Morgan fingerprint density at radius 2 is 2.21 bits per heavy atom. The van der Waals surface area contributed by atoms with Gasteiger partial charge in [-0.1, -0.05) is 35.0 Å². The van der Waals surface area contributed by atoms with Crippen LogP contribution in [-0.2, 0) is 9.47 Å². The molecule has 0 N–H and O–H groups in total. The molecule has 0 aromatic rings. The summed E-state index contributed by atoms with van der Waals surface area (Å²) in [4.78, 5) is 0. The van der Waals surface area contributed by atoms with E-state index < -0.39 is 0 Å². The molecule has 2 nitrogen and oxygen atoms in total. The van der Waals surface area contributed by atoms with Gasteiger partial charge in [0.05, 0.1) is 17.5 Å². The van der Waals surface area contributed by atoms with Crippen LogP contribution in [0.15, 0.2) is 12.2 Å². The normalized spacial score (nSPS) is 28.6. The Balaban J connectivity index is 2.35. The summed E-state index contributed by atoms with van der Waals surface area (Å²) in [5.41, 5.74) is 0. The first-order chi connectivity index (χ1) is 6.63. The standard InChI is InChI=1S/C11H19BrO2/c1-8(2)13-11(7-12)14-10-6-4-5-9(10)3/h4,6,8-11H,5,7H2,1-3H3. The van der Waals surface area contributed by atoms with Crippen LogP contribution in [0.5, 0.6) is 0 Å². The zero-order valence-corrected chi connectivity index (χ0v) is 10.7. The summed E-state index contributed by atoms with van der Waals surface area (Å²) in [6, 6.07) is 0. The molecule has 82 valence electrons. The van der Waals surface area contributed by atoms with E-state index in [4.69, 9.17) is 9.47 Å². The molecule has 0 amide bonds. The Bertz CT molecular complexity index is 192. The molecule has 0 aromatic carbocycles. The third kappa shape index (κ3) is 3.71. The lowest BCUT2D eigenvalue weighted by Crippen LogP contribution is -2.29. The molecule has 0 aromatic heterocycles. The van der Waals surface area contributed by atoms with Gasteiger partial charge in [0.2, 0.25) is 0 Å². The van der Waals surface area contributed by atoms with Crippen molar-refractivity contribution in [2.45, 2.75) is 45.7 Å². The molecule has 14 heavy (non-hydrogen) atoms. The Hall–Kier alpha value is 0.140. The van der Waals surface area contributed by atoms with Crippen molar-refractivity contribution in [2.75, 3.05) is 5.33 Å². The van der Waals surface area contributed by atoms with Gasteiger partial charge in [0.25, 0.3) is 0 Å². The molecule has 0 saturated heterocycles. The fourth-order valence-corrected chi connectivity index (χ4v) is 1.82. The minimum absolute atomic E-state index is 0.134. The van der Waals surface area contributed by atoms with E-state index in [1.807, 2.05) is 13.8 Å². The van der Waals surface area contributed by atoms with Gasteiger partial charge in [0.1, 0.15) is 0 Å². The number of alkyl halides is 1. The van der Waals surface area contributed by atoms with Crippen molar-refractivity contribution in [3.05, 3.63) is 12.2 Å². The van der Waals surface area contributed by atoms with Gasteiger partial charge < -0.3 is 9.47 Å². The lowest BCUT2D eigenvalue weighted by molar-refractivity contribution is -0.170.